The van der Waals surface area contributed by atoms with E-state index in [9.17, 15) is 5.11 Å². The van der Waals surface area contributed by atoms with Crippen LogP contribution in [-0.4, -0.2) is 19.6 Å². The van der Waals surface area contributed by atoms with Crippen molar-refractivity contribution in [3.63, 3.8) is 0 Å². The first-order valence-corrected chi connectivity index (χ1v) is 20.3. The van der Waals surface area contributed by atoms with Gasteiger partial charge < -0.3 is 5.11 Å². The van der Waals surface area contributed by atoms with Crippen LogP contribution in [-0.2, 0) is 31.9 Å². The van der Waals surface area contributed by atoms with Crippen LogP contribution in [0.4, 0.5) is 0 Å². The Balaban J connectivity index is 0.00000612. The first-order chi connectivity index (χ1) is 29.6. The zero-order valence-electron chi connectivity index (χ0n) is 39.8. The molecule has 6 aromatic carbocycles. The largest absolute Gasteiger partial charge is 0.507 e. The Bertz CT molecular complexity index is 3010. The molecule has 0 bridgehead atoms. The van der Waals surface area contributed by atoms with E-state index in [1.165, 1.54) is 0 Å². The number of rotatable bonds is 7. The molecule has 4 nitrogen and oxygen atoms in total. The SMILES string of the molecule is [2H]C([2H])([2H])c1ccc(-n2c(-c3cc(C(C)(C)C)cc(C)c3O)nc3c(-c4[c-]c(-c5cc(-c6ccc(C([2H])(C)C)cc6)ccn5)cc(C(C)(C)C)c4)cccc32)c(-c2ccccc2)c1.[Pt]. The number of para-hydroxylation sites is 1. The van der Waals surface area contributed by atoms with E-state index in [4.69, 9.17) is 15.5 Å². The molecule has 0 aliphatic heterocycles. The van der Waals surface area contributed by atoms with Gasteiger partial charge in [-0.2, -0.15) is 0 Å². The monoisotopic (exact) mass is 971 g/mol. The molecule has 2 aromatic heterocycles. The van der Waals surface area contributed by atoms with Gasteiger partial charge in [0.1, 0.15) is 11.6 Å². The van der Waals surface area contributed by atoms with E-state index in [-0.39, 0.29) is 43.2 Å². The van der Waals surface area contributed by atoms with Gasteiger partial charge in [-0.25, -0.2) is 4.98 Å². The van der Waals surface area contributed by atoms with Crippen molar-refractivity contribution in [2.75, 3.05) is 0 Å². The molecule has 60 heavy (non-hydrogen) atoms. The van der Waals surface area contributed by atoms with Gasteiger partial charge in [0.2, 0.25) is 0 Å². The number of imidazole rings is 1. The molecule has 8 rings (SSSR count). The zero-order chi connectivity index (χ0) is 45.2. The van der Waals surface area contributed by atoms with Gasteiger partial charge in [-0.1, -0.05) is 157 Å². The molecule has 1 N–H and O–H groups in total. The van der Waals surface area contributed by atoms with Crippen LogP contribution >= 0.6 is 0 Å². The van der Waals surface area contributed by atoms with Gasteiger partial charge >= 0.3 is 0 Å². The van der Waals surface area contributed by atoms with Gasteiger partial charge in [-0.05, 0) is 94.2 Å². The standard InChI is InChI=1S/C55H54N3O.Pt/c1-34(2)37-20-22-38(23-21-37)40-25-26-56-48(32-40)42-29-41(30-44(31-42)55(8,9)10)45-17-14-18-50-51(45)57-53(47-33-43(54(5,6)7)28-36(4)52(47)59)58(50)49-24-19-35(3)27-46(49)39-15-12-11-13-16-39;/h11-28,30-34,59H,1-10H3;/q-1;/i3D3,34D;. The Kier molecular flexibility index (Phi) is 10.3. The molecule has 2 heterocycles. The van der Waals surface area contributed by atoms with Crippen molar-refractivity contribution in [2.24, 2.45) is 0 Å². The molecule has 5 heteroatoms. The maximum absolute atomic E-state index is 12.0. The number of phenols is 1. The number of fused-ring (bicyclic) bond motifs is 1. The molecular weight excluding hydrogens is 914 g/mol. The van der Waals surface area contributed by atoms with Gasteiger partial charge in [0.25, 0.3) is 0 Å². The van der Waals surface area contributed by atoms with E-state index in [1.807, 2.05) is 106 Å². The Morgan fingerprint density at radius 1 is 0.683 bits per heavy atom. The van der Waals surface area contributed by atoms with Gasteiger partial charge in [0.15, 0.2) is 0 Å². The van der Waals surface area contributed by atoms with E-state index < -0.39 is 12.7 Å². The summed E-state index contributed by atoms with van der Waals surface area (Å²) in [5, 5.41) is 12.0. The average molecular weight is 972 g/mol. The van der Waals surface area contributed by atoms with Crippen molar-refractivity contribution in [1.29, 1.82) is 0 Å². The van der Waals surface area contributed by atoms with Crippen LogP contribution in [0, 0.1) is 19.8 Å². The molecule has 0 saturated heterocycles. The molecule has 8 aromatic rings. The van der Waals surface area contributed by atoms with Crippen LogP contribution in [0.25, 0.3) is 72.7 Å². The minimum Gasteiger partial charge on any atom is -0.507 e. The molecule has 0 amide bonds. The summed E-state index contributed by atoms with van der Waals surface area (Å²) in [6.45, 7) is 16.4. The minimum absolute atomic E-state index is 0. The second kappa shape index (κ2) is 16.5. The summed E-state index contributed by atoms with van der Waals surface area (Å²) in [5.41, 5.74) is 13.4. The second-order valence-corrected chi connectivity index (χ2v) is 17.9. The Hall–Kier alpha value is -5.57. The fraction of sp³-hybridized carbons (Fsp3) is 0.236. The number of phenolic OH excluding ortho intramolecular Hbond substituents is 1. The van der Waals surface area contributed by atoms with Crippen LogP contribution in [0.1, 0.15) is 94.6 Å². The first-order valence-electron chi connectivity index (χ1n) is 22.3. The van der Waals surface area contributed by atoms with Gasteiger partial charge in [0, 0.05) is 44.0 Å². The van der Waals surface area contributed by atoms with Crippen LogP contribution in [0.5, 0.6) is 5.75 Å². The number of benzene rings is 6. The molecule has 0 fully saturated rings. The van der Waals surface area contributed by atoms with Crippen LogP contribution < -0.4 is 0 Å². The summed E-state index contributed by atoms with van der Waals surface area (Å²) in [6.07, 6.45) is 1.83. The maximum atomic E-state index is 12.0. The van der Waals surface area contributed by atoms with E-state index in [0.29, 0.717) is 16.9 Å². The molecule has 0 aliphatic rings. The summed E-state index contributed by atoms with van der Waals surface area (Å²) in [7, 11) is 0. The van der Waals surface area contributed by atoms with Gasteiger partial charge in [0.05, 0.1) is 22.3 Å². The van der Waals surface area contributed by atoms with Crippen LogP contribution in [0.15, 0.2) is 134 Å². The molecule has 0 atom stereocenters. The third-order valence-electron chi connectivity index (χ3n) is 11.3. The predicted molar refractivity (Wildman–Crippen MR) is 248 cm³/mol. The number of aryl methyl sites for hydroxylation is 2. The third kappa shape index (κ3) is 8.28. The van der Waals surface area contributed by atoms with E-state index >= 15 is 0 Å². The Morgan fingerprint density at radius 2 is 1.38 bits per heavy atom. The number of nitrogens with zero attached hydrogens (tertiary/aromatic N) is 3. The summed E-state index contributed by atoms with van der Waals surface area (Å²) in [5.74, 6) is -0.0248. The first kappa shape index (κ1) is 37.4. The summed E-state index contributed by atoms with van der Waals surface area (Å²) < 4.78 is 35.5. The second-order valence-electron chi connectivity index (χ2n) is 17.9. The molecule has 306 valence electrons. The zero-order valence-corrected chi connectivity index (χ0v) is 38.1. The fourth-order valence-electron chi connectivity index (χ4n) is 7.74. The van der Waals surface area contributed by atoms with Gasteiger partial charge in [-0.15, -0.1) is 29.3 Å². The van der Waals surface area contributed by atoms with E-state index in [0.717, 1.165) is 78.1 Å². The van der Waals surface area contributed by atoms with Crippen molar-refractivity contribution in [3.05, 3.63) is 167 Å². The minimum atomic E-state index is -2.32. The summed E-state index contributed by atoms with van der Waals surface area (Å²) >= 11 is 0. The van der Waals surface area contributed by atoms with E-state index in [1.54, 1.807) is 12.1 Å². The number of pyridine rings is 1. The third-order valence-corrected chi connectivity index (χ3v) is 11.3. The predicted octanol–water partition coefficient (Wildman–Crippen LogP) is 14.6. The van der Waals surface area contributed by atoms with Crippen molar-refractivity contribution < 1.29 is 31.7 Å². The molecule has 0 saturated carbocycles. The van der Waals surface area contributed by atoms with Crippen molar-refractivity contribution >= 4 is 11.0 Å². The molecule has 0 unspecified atom stereocenters. The molecule has 0 radical (unpaired) electrons. The van der Waals surface area contributed by atoms with E-state index in [2.05, 4.69) is 88.6 Å². The molecular formula is C55H54N3OPt-. The van der Waals surface area contributed by atoms with Crippen LogP contribution in [0.3, 0.4) is 0 Å². The summed E-state index contributed by atoms with van der Waals surface area (Å²) in [6, 6.07) is 45.7. The van der Waals surface area contributed by atoms with Crippen LogP contribution in [0.2, 0.25) is 0 Å². The normalized spacial score (nSPS) is 13.3. The summed E-state index contributed by atoms with van der Waals surface area (Å²) in [4.78, 5) is 10.4. The quantitative estimate of drug-likeness (QED) is 0.162. The molecule has 0 aliphatic carbocycles. The average Bonchev–Trinajstić information content (AvgIpc) is 3.62. The smallest absolute Gasteiger partial charge is 0.148 e. The number of hydrogen-bond donors (Lipinski definition) is 1. The number of hydrogen-bond acceptors (Lipinski definition) is 3. The van der Waals surface area contributed by atoms with Crippen molar-refractivity contribution in [1.82, 2.24) is 14.5 Å². The van der Waals surface area contributed by atoms with Crippen molar-refractivity contribution in [3.8, 4) is 67.5 Å². The fourth-order valence-corrected chi connectivity index (χ4v) is 7.74. The van der Waals surface area contributed by atoms with Crippen molar-refractivity contribution in [2.45, 2.75) is 85.9 Å². The molecule has 0 spiro atoms. The van der Waals surface area contributed by atoms with Gasteiger partial charge in [-0.3, -0.25) is 9.55 Å². The number of aromatic hydroxyl groups is 1. The topological polar surface area (TPSA) is 50.9 Å². The Labute approximate surface area is 376 Å². The maximum Gasteiger partial charge on any atom is 0.148 e. The Morgan fingerprint density at radius 3 is 2.07 bits per heavy atom. The number of aromatic nitrogens is 3.